The van der Waals surface area contributed by atoms with E-state index in [1.54, 1.807) is 6.07 Å². The molecule has 0 spiro atoms. The fraction of sp³-hybridized carbons (Fsp3) is 0.222. The highest BCUT2D eigenvalue weighted by Gasteiger charge is 2.20. The first-order chi connectivity index (χ1) is 7.75. The Kier molecular flexibility index (Phi) is 3.65. The average molecular weight is 262 g/mol. The van der Waals surface area contributed by atoms with Crippen LogP contribution in [0.5, 0.6) is 5.75 Å². The number of benzene rings is 1. The van der Waals surface area contributed by atoms with Crippen molar-refractivity contribution < 1.29 is 21.9 Å². The lowest BCUT2D eigenvalue weighted by molar-refractivity contribution is -0.0517. The molecule has 17 heavy (non-hydrogen) atoms. The molecule has 1 rings (SSSR count). The first kappa shape index (κ1) is 13.3. The van der Waals surface area contributed by atoms with Gasteiger partial charge in [-0.3, -0.25) is 0 Å². The Morgan fingerprint density at radius 1 is 1.47 bits per heavy atom. The summed E-state index contributed by atoms with van der Waals surface area (Å²) < 4.78 is 50.5. The summed E-state index contributed by atoms with van der Waals surface area (Å²) in [7, 11) is -4.24. The number of hydrogen-bond donors (Lipinski definition) is 1. The summed E-state index contributed by atoms with van der Waals surface area (Å²) in [5, 5.41) is 13.6. The van der Waals surface area contributed by atoms with Crippen LogP contribution in [0.2, 0.25) is 0 Å². The lowest BCUT2D eigenvalue weighted by Crippen LogP contribution is -2.16. The van der Waals surface area contributed by atoms with Crippen molar-refractivity contribution in [3.63, 3.8) is 0 Å². The first-order valence-electron chi connectivity index (χ1n) is 4.28. The third-order valence-corrected chi connectivity index (χ3v) is 2.87. The predicted octanol–water partition coefficient (Wildman–Crippen LogP) is 1.12. The number of rotatable bonds is 3. The van der Waals surface area contributed by atoms with Gasteiger partial charge < -0.3 is 4.74 Å². The van der Waals surface area contributed by atoms with Gasteiger partial charge in [0.25, 0.3) is 0 Å². The van der Waals surface area contributed by atoms with Crippen molar-refractivity contribution in [3.8, 4) is 11.8 Å². The monoisotopic (exact) mass is 262 g/mol. The zero-order valence-electron chi connectivity index (χ0n) is 8.65. The van der Waals surface area contributed by atoms with Crippen LogP contribution >= 0.6 is 0 Å². The highest BCUT2D eigenvalue weighted by atomic mass is 32.2. The third-order valence-electron chi connectivity index (χ3n) is 1.93. The van der Waals surface area contributed by atoms with Gasteiger partial charge in [-0.1, -0.05) is 0 Å². The number of ether oxygens (including phenoxy) is 1. The van der Waals surface area contributed by atoms with Crippen LogP contribution in [0.3, 0.4) is 0 Å². The van der Waals surface area contributed by atoms with Crippen molar-refractivity contribution in [1.82, 2.24) is 0 Å². The van der Waals surface area contributed by atoms with Gasteiger partial charge in [0.05, 0.1) is 11.6 Å². The van der Waals surface area contributed by atoms with E-state index in [2.05, 4.69) is 4.74 Å². The molecular formula is C9H8F2N2O3S. The number of hydrogen-bond acceptors (Lipinski definition) is 4. The van der Waals surface area contributed by atoms with Crippen LogP contribution in [-0.2, 0) is 10.0 Å². The molecule has 0 saturated carbocycles. The zero-order valence-corrected chi connectivity index (χ0v) is 9.46. The maximum absolute atomic E-state index is 12.1. The van der Waals surface area contributed by atoms with E-state index in [0.29, 0.717) is 5.56 Å². The topological polar surface area (TPSA) is 93.2 Å². The number of nitrogens with zero attached hydrogens (tertiary/aromatic N) is 1. The molecule has 0 aliphatic heterocycles. The van der Waals surface area contributed by atoms with Gasteiger partial charge in [0.15, 0.2) is 0 Å². The number of nitriles is 1. The second kappa shape index (κ2) is 4.65. The molecule has 0 bridgehead atoms. The number of halogens is 2. The number of alkyl halides is 2. The maximum Gasteiger partial charge on any atom is 0.387 e. The molecule has 0 unspecified atom stereocenters. The van der Waals surface area contributed by atoms with Gasteiger partial charge in [-0.2, -0.15) is 14.0 Å². The van der Waals surface area contributed by atoms with E-state index < -0.39 is 27.3 Å². The van der Waals surface area contributed by atoms with E-state index in [1.807, 2.05) is 0 Å². The minimum Gasteiger partial charge on any atom is -0.433 e. The molecule has 8 heteroatoms. The molecule has 0 aliphatic rings. The Labute approximate surface area is 96.5 Å². The summed E-state index contributed by atoms with van der Waals surface area (Å²) in [6.45, 7) is -1.72. The molecule has 2 N–H and O–H groups in total. The predicted molar refractivity (Wildman–Crippen MR) is 53.9 cm³/mol. The maximum atomic E-state index is 12.1. The minimum atomic E-state index is -4.24. The molecule has 5 nitrogen and oxygen atoms in total. The fourth-order valence-corrected chi connectivity index (χ4v) is 1.86. The van der Waals surface area contributed by atoms with Crippen molar-refractivity contribution >= 4 is 10.0 Å². The Balaban J connectivity index is 3.49. The summed E-state index contributed by atoms with van der Waals surface area (Å²) in [4.78, 5) is -0.639. The summed E-state index contributed by atoms with van der Waals surface area (Å²) in [5.74, 6) is -0.570. The Morgan fingerprint density at radius 2 is 2.06 bits per heavy atom. The largest absolute Gasteiger partial charge is 0.433 e. The van der Waals surface area contributed by atoms with Crippen molar-refractivity contribution in [3.05, 3.63) is 23.3 Å². The van der Waals surface area contributed by atoms with Crippen molar-refractivity contribution in [2.45, 2.75) is 18.4 Å². The van der Waals surface area contributed by atoms with Crippen LogP contribution in [0.25, 0.3) is 0 Å². The molecule has 92 valence electrons. The fourth-order valence-electron chi connectivity index (χ4n) is 1.19. The standard InChI is InChI=1S/C9H8F2N2O3S/c1-5-2-7(16-9(10)11)8(17(13,14)15)3-6(5)4-12/h2-3,9H,1H3,(H2,13,14,15). The normalized spacial score (nSPS) is 11.3. The van der Waals surface area contributed by atoms with Gasteiger partial charge in [0, 0.05) is 0 Å². The Bertz CT molecular complexity index is 579. The number of nitrogens with two attached hydrogens (primary N) is 1. The van der Waals surface area contributed by atoms with E-state index >= 15 is 0 Å². The van der Waals surface area contributed by atoms with Gasteiger partial charge in [-0.25, -0.2) is 13.6 Å². The van der Waals surface area contributed by atoms with Crippen LogP contribution < -0.4 is 9.88 Å². The quantitative estimate of drug-likeness (QED) is 0.883. The van der Waals surface area contributed by atoms with Crippen LogP contribution in [0.4, 0.5) is 8.78 Å². The van der Waals surface area contributed by atoms with E-state index in [9.17, 15) is 17.2 Å². The number of sulfonamides is 1. The van der Waals surface area contributed by atoms with Gasteiger partial charge in [0.1, 0.15) is 10.6 Å². The highest BCUT2D eigenvalue weighted by Crippen LogP contribution is 2.27. The average Bonchev–Trinajstić information content (AvgIpc) is 2.14. The second-order valence-electron chi connectivity index (χ2n) is 3.15. The SMILES string of the molecule is Cc1cc(OC(F)F)c(S(N)(=O)=O)cc1C#N. The van der Waals surface area contributed by atoms with E-state index in [-0.39, 0.29) is 5.56 Å². The summed E-state index contributed by atoms with van der Waals surface area (Å²) in [6.07, 6.45) is 0. The molecule has 0 aromatic heterocycles. The van der Waals surface area contributed by atoms with Gasteiger partial charge >= 0.3 is 6.61 Å². The Hall–Kier alpha value is -1.72. The Morgan fingerprint density at radius 3 is 2.47 bits per heavy atom. The molecule has 0 atom stereocenters. The summed E-state index contributed by atoms with van der Waals surface area (Å²) in [5.41, 5.74) is 0.339. The van der Waals surface area contributed by atoms with E-state index in [1.165, 1.54) is 6.92 Å². The highest BCUT2D eigenvalue weighted by molar-refractivity contribution is 7.89. The molecule has 0 radical (unpaired) electrons. The van der Waals surface area contributed by atoms with Crippen LogP contribution in [0, 0.1) is 18.3 Å². The lowest BCUT2D eigenvalue weighted by Gasteiger charge is -2.10. The van der Waals surface area contributed by atoms with Gasteiger partial charge in [-0.15, -0.1) is 0 Å². The lowest BCUT2D eigenvalue weighted by atomic mass is 10.1. The van der Waals surface area contributed by atoms with Crippen molar-refractivity contribution in [1.29, 1.82) is 5.26 Å². The van der Waals surface area contributed by atoms with Crippen molar-refractivity contribution in [2.24, 2.45) is 5.14 Å². The van der Waals surface area contributed by atoms with E-state index in [4.69, 9.17) is 10.4 Å². The summed E-state index contributed by atoms with van der Waals surface area (Å²) in [6, 6.07) is 3.66. The number of primary sulfonamides is 1. The second-order valence-corrected chi connectivity index (χ2v) is 4.68. The zero-order chi connectivity index (χ0) is 13.2. The summed E-state index contributed by atoms with van der Waals surface area (Å²) >= 11 is 0. The third kappa shape index (κ3) is 3.12. The molecule has 1 aromatic carbocycles. The van der Waals surface area contributed by atoms with Gasteiger partial charge in [0.2, 0.25) is 10.0 Å². The first-order valence-corrected chi connectivity index (χ1v) is 5.82. The molecule has 0 amide bonds. The molecule has 0 saturated heterocycles. The number of aryl methyl sites for hydroxylation is 1. The minimum absolute atomic E-state index is 0.0237. The molecule has 0 fully saturated rings. The van der Waals surface area contributed by atoms with Crippen LogP contribution in [0.15, 0.2) is 17.0 Å². The molecule has 0 aliphatic carbocycles. The molecular weight excluding hydrogens is 254 g/mol. The van der Waals surface area contributed by atoms with Crippen molar-refractivity contribution in [2.75, 3.05) is 0 Å². The van der Waals surface area contributed by atoms with Gasteiger partial charge in [-0.05, 0) is 24.6 Å². The van der Waals surface area contributed by atoms with Crippen LogP contribution in [-0.4, -0.2) is 15.0 Å². The smallest absolute Gasteiger partial charge is 0.387 e. The molecule has 1 aromatic rings. The molecule has 0 heterocycles. The van der Waals surface area contributed by atoms with Crippen LogP contribution in [0.1, 0.15) is 11.1 Å². The van der Waals surface area contributed by atoms with E-state index in [0.717, 1.165) is 12.1 Å².